The Morgan fingerprint density at radius 2 is 1.48 bits per heavy atom. The number of para-hydroxylation sites is 1. The van der Waals surface area contributed by atoms with E-state index in [2.05, 4.69) is 97.3 Å². The highest BCUT2D eigenvalue weighted by Gasteiger charge is 2.41. The number of anilines is 1. The average molecular weight is 1480 g/mol. The van der Waals surface area contributed by atoms with Gasteiger partial charge in [-0.3, -0.25) is 33.2 Å². The van der Waals surface area contributed by atoms with Crippen LogP contribution in [-0.4, -0.2) is 58.3 Å². The molecule has 0 aliphatic carbocycles. The highest BCUT2D eigenvalue weighted by molar-refractivity contribution is 8.30. The number of hydrogen-bond acceptors (Lipinski definition) is 13. The van der Waals surface area contributed by atoms with Crippen molar-refractivity contribution in [2.45, 2.75) is 72.2 Å². The minimum atomic E-state index is -0.380. The van der Waals surface area contributed by atoms with Gasteiger partial charge in [-0.1, -0.05) is 244 Å². The van der Waals surface area contributed by atoms with Crippen LogP contribution in [-0.2, 0) is 33.0 Å². The van der Waals surface area contributed by atoms with Crippen molar-refractivity contribution in [2.75, 3.05) is 18.5 Å². The number of hydrogen-bond donors (Lipinski definition) is 2. The van der Waals surface area contributed by atoms with Gasteiger partial charge in [-0.25, -0.2) is 4.39 Å². The van der Waals surface area contributed by atoms with E-state index in [0.717, 1.165) is 85.9 Å². The minimum absolute atomic E-state index is 0.0327. The van der Waals surface area contributed by atoms with Crippen LogP contribution < -0.4 is 50.7 Å². The molecule has 2 amide bonds. The number of aromatic nitrogens is 3. The van der Waals surface area contributed by atoms with Crippen molar-refractivity contribution >= 4 is 168 Å². The van der Waals surface area contributed by atoms with E-state index in [1.807, 2.05) is 148 Å². The van der Waals surface area contributed by atoms with Gasteiger partial charge in [-0.05, 0) is 134 Å². The van der Waals surface area contributed by atoms with Gasteiger partial charge in [0, 0.05) is 56.9 Å². The van der Waals surface area contributed by atoms with E-state index >= 15 is 0 Å². The Bertz CT molecular complexity index is 5620. The van der Waals surface area contributed by atoms with Crippen LogP contribution in [0, 0.1) is 32.5 Å². The molecule has 3 fully saturated rings. The predicted molar refractivity (Wildman–Crippen MR) is 431 cm³/mol. The molecule has 3 atom stereocenters. The number of benzene rings is 7. The molecule has 8 heterocycles. The molecule has 7 aromatic carbocycles. The quantitative estimate of drug-likeness (QED) is 0.0895. The standard InChI is InChI=1S/C23H20N2OS2.C20H19ClN2OS.C20H19NO3S2.C19H14FNOS/c1-13-12-25-14(2)18(20-21(26)24-22(27)28-20)16-10-7-11-17(19(16)25)23(13,3)15-8-5-4-6-9-15;1-13-4-6-16(7-5-13)11-19-20(24)23(15(3)25-19)12-22-18-9-8-17(21)10-14(18)2;1-13-5-2-3-7-16(13)17-9-8-14(24-17)11-18-19(22)21(20(25)26-18)12-15-6-4-10-23-15;1-14-21(17-11-6-10-16(20)13-17)19(22)18(23-14)12-5-9-15-7-3-2-4-8-15/h4-11,13H,2,12H2,1,3H3,(H,24,26,27);4-11,22H,3,12H2,1-2H3;2-3,5,7-9,11,15H,4,6,10,12H2,1H3;2-13H,1H2. The third kappa shape index (κ3) is 16.0. The molecule has 12 nitrogen and oxygen atoms in total. The summed E-state index contributed by atoms with van der Waals surface area (Å²) in [5, 5.41) is 9.62. The minimum Gasteiger partial charge on any atom is -0.457 e. The summed E-state index contributed by atoms with van der Waals surface area (Å²) >= 11 is 21.9. The lowest BCUT2D eigenvalue weighted by atomic mass is 9.66. The molecule has 0 saturated carbocycles. The number of carbonyl (C=O) groups excluding carboxylic acids is 2. The van der Waals surface area contributed by atoms with Gasteiger partial charge in [-0.15, -0.1) is 22.7 Å². The highest BCUT2D eigenvalue weighted by atomic mass is 35.5. The monoisotopic (exact) mass is 1480 g/mol. The van der Waals surface area contributed by atoms with Crippen LogP contribution in [0.1, 0.15) is 71.4 Å². The SMILES string of the molecule is C=c1c(=C2SC(=S)NC2=O)c2cccc3c2n1CC(C)C3(C)c1ccccc1.C=c1sc(=CC=Cc2ccccc2)c(=O)n1-c1cccc(F)c1.C=c1sc(=Cc2ccc(C)cc2)c(=O)n1CNc1ccc(Cl)cc1C.Cc1ccccc1-c1ccc(C=C2SC(=S)N(CC3CCCO3)C2=O)o1. The Morgan fingerprint density at radius 3 is 2.19 bits per heavy atom. The third-order valence-corrected chi connectivity index (χ3v) is 23.0. The molecule has 0 spiro atoms. The fraction of sp³-hybridized carbons (Fsp3) is 0.171. The van der Waals surface area contributed by atoms with Gasteiger partial charge >= 0.3 is 0 Å². The summed E-state index contributed by atoms with van der Waals surface area (Å²) in [6, 6.07) is 58.5. The lowest BCUT2D eigenvalue weighted by Gasteiger charge is -2.41. The fourth-order valence-electron chi connectivity index (χ4n) is 12.7. The van der Waals surface area contributed by atoms with E-state index in [1.165, 1.54) is 85.1 Å². The van der Waals surface area contributed by atoms with Gasteiger partial charge in [0.2, 0.25) is 0 Å². The number of ether oxygens (including phenoxy) is 1. The Hall–Kier alpha value is -9.28. The Morgan fingerprint density at radius 1 is 0.755 bits per heavy atom. The maximum absolute atomic E-state index is 13.4. The van der Waals surface area contributed by atoms with Crippen molar-refractivity contribution in [2.24, 2.45) is 5.92 Å². The van der Waals surface area contributed by atoms with Crippen LogP contribution >= 0.6 is 82.2 Å². The smallest absolute Gasteiger partial charge is 0.273 e. The number of nitrogens with zero attached hydrogens (tertiary/aromatic N) is 4. The molecule has 4 aromatic heterocycles. The fourth-order valence-corrected chi connectivity index (χ4v) is 17.1. The van der Waals surface area contributed by atoms with Crippen LogP contribution in [0.4, 0.5) is 10.1 Å². The molecule has 4 aliphatic rings. The zero-order chi connectivity index (χ0) is 71.9. The summed E-state index contributed by atoms with van der Waals surface area (Å²) in [6.45, 7) is 25.5. The molecule has 3 unspecified atom stereocenters. The molecule has 102 heavy (non-hydrogen) atoms. The van der Waals surface area contributed by atoms with Crippen LogP contribution in [0.3, 0.4) is 0 Å². The number of amides is 2. The zero-order valence-corrected chi connectivity index (χ0v) is 62.3. The molecule has 0 radical (unpaired) electrons. The van der Waals surface area contributed by atoms with E-state index in [4.69, 9.17) is 45.2 Å². The number of aryl methyl sites for hydroxylation is 3. The Balaban J connectivity index is 0.000000129. The first-order valence-corrected chi connectivity index (χ1v) is 37.4. The van der Waals surface area contributed by atoms with Gasteiger partial charge in [0.15, 0.2) is 0 Å². The van der Waals surface area contributed by atoms with Crippen molar-refractivity contribution in [3.63, 3.8) is 0 Å². The van der Waals surface area contributed by atoms with Gasteiger partial charge in [0.05, 0.1) is 58.7 Å². The average Bonchev–Trinajstić information content (AvgIpc) is 1.50. The number of allylic oxidation sites excluding steroid dienone is 1. The topological polar surface area (TPSA) is 133 Å². The van der Waals surface area contributed by atoms with E-state index in [-0.39, 0.29) is 40.3 Å². The van der Waals surface area contributed by atoms with Crippen LogP contribution in [0.5, 0.6) is 0 Å². The number of carbonyl (C=O) groups is 2. The second-order valence-electron chi connectivity index (χ2n) is 25.1. The third-order valence-electron chi connectivity index (χ3n) is 18.3. The zero-order valence-electron chi connectivity index (χ0n) is 56.7. The van der Waals surface area contributed by atoms with E-state index in [9.17, 15) is 23.6 Å². The number of nitrogens with one attached hydrogen (secondary N) is 2. The Kier molecular flexibility index (Phi) is 22.7. The van der Waals surface area contributed by atoms with Gasteiger partial charge < -0.3 is 24.4 Å². The van der Waals surface area contributed by atoms with E-state index in [0.29, 0.717) is 67.8 Å². The molecule has 516 valence electrons. The van der Waals surface area contributed by atoms with E-state index in [1.54, 1.807) is 33.8 Å². The first-order valence-electron chi connectivity index (χ1n) is 33.0. The van der Waals surface area contributed by atoms with Crippen molar-refractivity contribution < 1.29 is 23.1 Å². The highest BCUT2D eigenvalue weighted by Crippen LogP contribution is 2.45. The molecule has 3 saturated heterocycles. The molecular formula is C82H72ClFN6O6S6. The summed E-state index contributed by atoms with van der Waals surface area (Å²) in [7, 11) is 0. The van der Waals surface area contributed by atoms with Crippen LogP contribution in [0.2, 0.25) is 5.02 Å². The Labute approximate surface area is 622 Å². The molecule has 2 N–H and O–H groups in total. The molecule has 0 bridgehead atoms. The number of furan rings is 1. The van der Waals surface area contributed by atoms with Crippen molar-refractivity contribution in [3.05, 3.63) is 298 Å². The van der Waals surface area contributed by atoms with Gasteiger partial charge in [-0.2, -0.15) is 0 Å². The summed E-state index contributed by atoms with van der Waals surface area (Å²) in [6.07, 6.45) is 11.3. The number of thiocarbonyl (C=S) groups is 2. The van der Waals surface area contributed by atoms with Gasteiger partial charge in [0.25, 0.3) is 22.9 Å². The second kappa shape index (κ2) is 31.9. The van der Waals surface area contributed by atoms with Crippen molar-refractivity contribution in [1.82, 2.24) is 23.9 Å². The molecule has 11 aromatic rings. The van der Waals surface area contributed by atoms with Crippen LogP contribution in [0.15, 0.2) is 207 Å². The normalized spacial score (nSPS) is 18.3. The first kappa shape index (κ1) is 72.5. The lowest BCUT2D eigenvalue weighted by molar-refractivity contribution is -0.123. The molecule has 20 heteroatoms. The van der Waals surface area contributed by atoms with Crippen molar-refractivity contribution in [3.8, 4) is 17.0 Å². The number of halogens is 2. The summed E-state index contributed by atoms with van der Waals surface area (Å²) in [4.78, 5) is 53.2. The van der Waals surface area contributed by atoms with E-state index < -0.39 is 0 Å². The number of thioether (sulfide) groups is 2. The summed E-state index contributed by atoms with van der Waals surface area (Å²) < 4.78 is 33.9. The summed E-state index contributed by atoms with van der Waals surface area (Å²) in [5.41, 5.74) is 11.4. The largest absolute Gasteiger partial charge is 0.457 e. The first-order chi connectivity index (χ1) is 49.1. The van der Waals surface area contributed by atoms with Crippen molar-refractivity contribution in [1.29, 1.82) is 0 Å². The van der Waals surface area contributed by atoms with Crippen LogP contribution in [0.25, 0.3) is 76.9 Å². The predicted octanol–water partition coefficient (Wildman–Crippen LogP) is 14.3. The lowest BCUT2D eigenvalue weighted by Crippen LogP contribution is -2.41. The molecule has 4 aliphatic heterocycles. The van der Waals surface area contributed by atoms with Gasteiger partial charge in [0.1, 0.15) is 26.0 Å². The summed E-state index contributed by atoms with van der Waals surface area (Å²) in [5.74, 6) is 1.26. The molecule has 15 rings (SSSR count). The number of rotatable bonds is 12. The maximum atomic E-state index is 13.4. The maximum Gasteiger partial charge on any atom is 0.273 e. The number of thiazole rings is 2. The molecular weight excluding hydrogens is 1410 g/mol. The second-order valence-corrected chi connectivity index (χ2v) is 31.1.